The minimum Gasteiger partial charge on any atom is -0.346 e. The molecule has 0 spiro atoms. The molecule has 1 aromatic rings. The molecule has 0 amide bonds. The highest BCUT2D eigenvalue weighted by atomic mass is 32.1. The number of thiazole rings is 1. The molecule has 1 aliphatic heterocycles. The molecular weight excluding hydrogens is 275 g/mol. The lowest BCUT2D eigenvalue weighted by molar-refractivity contribution is -0.134. The average molecular weight is 293 g/mol. The predicted octanol–water partition coefficient (Wildman–Crippen LogP) is 3.08. The highest BCUT2D eigenvalue weighted by molar-refractivity contribution is 7.15. The second kappa shape index (κ2) is 5.66. The molecular formula is C12H18F3N3S. The second-order valence-electron chi connectivity index (χ2n) is 4.61. The Labute approximate surface area is 115 Å². The topological polar surface area (TPSA) is 19.4 Å². The van der Waals surface area contributed by atoms with Crippen molar-refractivity contribution < 1.29 is 13.2 Å². The number of halogens is 3. The third-order valence-electron chi connectivity index (χ3n) is 3.54. The summed E-state index contributed by atoms with van der Waals surface area (Å²) in [6.45, 7) is 7.72. The summed E-state index contributed by atoms with van der Waals surface area (Å²) in [6, 6.07) is 0.424. The number of likely N-dealkylation sites (N-methyl/N-ethyl adjacent to an activating group) is 1. The van der Waals surface area contributed by atoms with Crippen LogP contribution in [-0.4, -0.2) is 42.1 Å². The van der Waals surface area contributed by atoms with Crippen molar-refractivity contribution in [3.05, 3.63) is 11.1 Å². The Morgan fingerprint density at radius 3 is 2.63 bits per heavy atom. The molecule has 0 N–H and O–H groups in total. The average Bonchev–Trinajstić information content (AvgIpc) is 2.97. The van der Waals surface area contributed by atoms with Crippen molar-refractivity contribution in [3.8, 4) is 0 Å². The van der Waals surface area contributed by atoms with Gasteiger partial charge in [0.2, 0.25) is 0 Å². The van der Waals surface area contributed by atoms with Gasteiger partial charge in [-0.25, -0.2) is 4.98 Å². The van der Waals surface area contributed by atoms with Crippen molar-refractivity contribution in [2.24, 2.45) is 0 Å². The van der Waals surface area contributed by atoms with Crippen molar-refractivity contribution in [2.45, 2.75) is 32.5 Å². The highest BCUT2D eigenvalue weighted by Gasteiger charge is 2.35. The standard InChI is InChI=1S/C12H18F3N3S/c1-3-17(4-2)9-5-6-18(8-9)11-16-7-10(19-11)12(13,14)15/h7,9H,3-6,8H2,1-2H3/t9-/m0/s1. The third-order valence-corrected chi connectivity index (χ3v) is 4.64. The zero-order valence-electron chi connectivity index (χ0n) is 11.1. The van der Waals surface area contributed by atoms with Crippen LogP contribution in [0.3, 0.4) is 0 Å². The van der Waals surface area contributed by atoms with Crippen LogP contribution in [0, 0.1) is 0 Å². The van der Waals surface area contributed by atoms with Crippen molar-refractivity contribution in [1.82, 2.24) is 9.88 Å². The Morgan fingerprint density at radius 1 is 1.42 bits per heavy atom. The summed E-state index contributed by atoms with van der Waals surface area (Å²) in [5, 5.41) is 0.488. The van der Waals surface area contributed by atoms with E-state index in [1.54, 1.807) is 0 Å². The van der Waals surface area contributed by atoms with E-state index in [4.69, 9.17) is 0 Å². The zero-order chi connectivity index (χ0) is 14.0. The summed E-state index contributed by atoms with van der Waals surface area (Å²) in [5.74, 6) is 0. The van der Waals surface area contributed by atoms with E-state index in [0.29, 0.717) is 11.2 Å². The Balaban J connectivity index is 2.03. The molecule has 1 fully saturated rings. The normalized spacial score (nSPS) is 20.5. The van der Waals surface area contributed by atoms with Gasteiger partial charge in [-0.05, 0) is 19.5 Å². The molecule has 1 saturated heterocycles. The SMILES string of the molecule is CCN(CC)[C@H]1CCN(c2ncc(C(F)(F)F)s2)C1. The molecule has 7 heteroatoms. The fourth-order valence-corrected chi connectivity index (χ4v) is 3.31. The van der Waals surface area contributed by atoms with Gasteiger partial charge in [-0.1, -0.05) is 25.2 Å². The number of hydrogen-bond acceptors (Lipinski definition) is 4. The molecule has 2 heterocycles. The lowest BCUT2D eigenvalue weighted by Crippen LogP contribution is -2.37. The van der Waals surface area contributed by atoms with Crippen LogP contribution in [0.1, 0.15) is 25.1 Å². The first-order valence-corrected chi connectivity index (χ1v) is 7.29. The minimum atomic E-state index is -4.28. The van der Waals surface area contributed by atoms with Gasteiger partial charge in [-0.15, -0.1) is 0 Å². The fraction of sp³-hybridized carbons (Fsp3) is 0.750. The molecule has 1 atom stereocenters. The summed E-state index contributed by atoms with van der Waals surface area (Å²) in [5.41, 5.74) is 0. The van der Waals surface area contributed by atoms with Gasteiger partial charge in [0, 0.05) is 19.1 Å². The number of alkyl halides is 3. The van der Waals surface area contributed by atoms with Gasteiger partial charge in [0.1, 0.15) is 4.88 Å². The van der Waals surface area contributed by atoms with Crippen LogP contribution in [0.25, 0.3) is 0 Å². The first-order chi connectivity index (χ1) is 8.95. The molecule has 2 rings (SSSR count). The molecule has 1 aromatic heterocycles. The van der Waals surface area contributed by atoms with E-state index in [9.17, 15) is 13.2 Å². The lowest BCUT2D eigenvalue weighted by Gasteiger charge is -2.25. The molecule has 0 unspecified atom stereocenters. The van der Waals surface area contributed by atoms with Crippen LogP contribution >= 0.6 is 11.3 Å². The van der Waals surface area contributed by atoms with E-state index in [1.807, 2.05) is 4.90 Å². The van der Waals surface area contributed by atoms with E-state index < -0.39 is 11.1 Å². The van der Waals surface area contributed by atoms with Crippen LogP contribution in [0.5, 0.6) is 0 Å². The van der Waals surface area contributed by atoms with Crippen molar-refractivity contribution in [1.29, 1.82) is 0 Å². The van der Waals surface area contributed by atoms with E-state index in [0.717, 1.165) is 50.1 Å². The van der Waals surface area contributed by atoms with Crippen molar-refractivity contribution in [2.75, 3.05) is 31.1 Å². The van der Waals surface area contributed by atoms with E-state index in [2.05, 4.69) is 23.7 Å². The summed E-state index contributed by atoms with van der Waals surface area (Å²) in [7, 11) is 0. The van der Waals surface area contributed by atoms with Gasteiger partial charge < -0.3 is 4.90 Å². The van der Waals surface area contributed by atoms with Crippen LogP contribution < -0.4 is 4.90 Å². The summed E-state index contributed by atoms with van der Waals surface area (Å²) in [6.07, 6.45) is -2.36. The summed E-state index contributed by atoms with van der Waals surface area (Å²) < 4.78 is 37.6. The molecule has 3 nitrogen and oxygen atoms in total. The van der Waals surface area contributed by atoms with Gasteiger partial charge in [-0.2, -0.15) is 13.2 Å². The van der Waals surface area contributed by atoms with E-state index in [1.165, 1.54) is 0 Å². The molecule has 0 aliphatic carbocycles. The third kappa shape index (κ3) is 3.20. The molecule has 0 aromatic carbocycles. The largest absolute Gasteiger partial charge is 0.427 e. The maximum atomic E-state index is 12.5. The summed E-state index contributed by atoms with van der Waals surface area (Å²) in [4.78, 5) is 7.61. The second-order valence-corrected chi connectivity index (χ2v) is 5.62. The maximum absolute atomic E-state index is 12.5. The van der Waals surface area contributed by atoms with Crippen LogP contribution in [0.15, 0.2) is 6.20 Å². The first kappa shape index (κ1) is 14.6. The molecule has 19 heavy (non-hydrogen) atoms. The number of rotatable bonds is 4. The molecule has 0 radical (unpaired) electrons. The number of hydrogen-bond donors (Lipinski definition) is 0. The quantitative estimate of drug-likeness (QED) is 0.850. The summed E-state index contributed by atoms with van der Waals surface area (Å²) >= 11 is 0.737. The molecule has 108 valence electrons. The van der Waals surface area contributed by atoms with Crippen molar-refractivity contribution in [3.63, 3.8) is 0 Å². The number of nitrogens with zero attached hydrogens (tertiary/aromatic N) is 3. The van der Waals surface area contributed by atoms with E-state index in [-0.39, 0.29) is 0 Å². The smallest absolute Gasteiger partial charge is 0.346 e. The highest BCUT2D eigenvalue weighted by Crippen LogP contribution is 2.37. The van der Waals surface area contributed by atoms with Gasteiger partial charge in [0.05, 0.1) is 6.20 Å². The Hall–Kier alpha value is -0.820. The van der Waals surface area contributed by atoms with Crippen LogP contribution in [-0.2, 0) is 6.18 Å². The number of aromatic nitrogens is 1. The monoisotopic (exact) mass is 293 g/mol. The lowest BCUT2D eigenvalue weighted by atomic mass is 10.2. The molecule has 0 saturated carbocycles. The van der Waals surface area contributed by atoms with Crippen LogP contribution in [0.4, 0.5) is 18.3 Å². The maximum Gasteiger partial charge on any atom is 0.427 e. The molecule has 0 bridgehead atoms. The van der Waals surface area contributed by atoms with Gasteiger partial charge >= 0.3 is 6.18 Å². The number of anilines is 1. The van der Waals surface area contributed by atoms with Crippen LogP contribution in [0.2, 0.25) is 0 Å². The van der Waals surface area contributed by atoms with Gasteiger partial charge in [-0.3, -0.25) is 4.90 Å². The van der Waals surface area contributed by atoms with Crippen molar-refractivity contribution >= 4 is 16.5 Å². The predicted molar refractivity (Wildman–Crippen MR) is 70.7 cm³/mol. The van der Waals surface area contributed by atoms with E-state index >= 15 is 0 Å². The van der Waals surface area contributed by atoms with Gasteiger partial charge in [0.25, 0.3) is 0 Å². The fourth-order valence-electron chi connectivity index (χ4n) is 2.50. The first-order valence-electron chi connectivity index (χ1n) is 6.47. The Morgan fingerprint density at radius 2 is 2.11 bits per heavy atom. The molecule has 1 aliphatic rings. The van der Waals surface area contributed by atoms with Gasteiger partial charge in [0.15, 0.2) is 5.13 Å². The Kier molecular flexibility index (Phi) is 4.35. The minimum absolute atomic E-state index is 0.424. The zero-order valence-corrected chi connectivity index (χ0v) is 11.9. The Bertz CT molecular complexity index is 415.